The molecule has 0 unspecified atom stereocenters. The van der Waals surface area contributed by atoms with Crippen molar-refractivity contribution >= 4 is 23.1 Å². The number of aryl methyl sites for hydroxylation is 1. The molecule has 2 rings (SSSR count). The zero-order valence-corrected chi connectivity index (χ0v) is 13.1. The largest absolute Gasteiger partial charge is 0.416 e. The molecule has 8 heteroatoms. The van der Waals surface area contributed by atoms with Crippen molar-refractivity contribution in [3.8, 4) is 0 Å². The molecule has 0 saturated carbocycles. The number of hydrogen-bond acceptors (Lipinski definition) is 5. The number of hydrogen-bond donors (Lipinski definition) is 1. The summed E-state index contributed by atoms with van der Waals surface area (Å²) in [7, 11) is 0. The number of aromatic nitrogens is 2. The number of alkyl halides is 3. The fourth-order valence-electron chi connectivity index (χ4n) is 1.72. The first-order valence-electron chi connectivity index (χ1n) is 6.29. The number of halogens is 3. The third-order valence-electron chi connectivity index (χ3n) is 2.66. The number of benzene rings is 1. The van der Waals surface area contributed by atoms with Gasteiger partial charge in [-0.05, 0) is 31.2 Å². The number of nitrogens with zero attached hydrogens (tertiary/aromatic N) is 2. The topological polar surface area (TPSA) is 37.8 Å². The molecule has 0 fully saturated rings. The molecule has 0 saturated heterocycles. The summed E-state index contributed by atoms with van der Waals surface area (Å²) in [5.41, 5.74) is -0.350. The quantitative estimate of drug-likeness (QED) is 0.893. The Morgan fingerprint density at radius 2 is 2.05 bits per heavy atom. The van der Waals surface area contributed by atoms with Crippen LogP contribution in [-0.2, 0) is 12.7 Å². The standard InChI is InChI=1S/C13H14F3N3S2/c1-3-17-7-9-4-5-10(6-11(9)13(14,15)16)21-12-19-18-8(2)20-12/h4-6,17H,3,7H2,1-2H3. The van der Waals surface area contributed by atoms with Gasteiger partial charge in [-0.3, -0.25) is 0 Å². The first-order chi connectivity index (χ1) is 9.90. The maximum atomic E-state index is 13.1. The Bertz CT molecular complexity index is 611. The van der Waals surface area contributed by atoms with Crippen LogP contribution in [0.1, 0.15) is 23.1 Å². The molecular formula is C13H14F3N3S2. The van der Waals surface area contributed by atoms with Crippen molar-refractivity contribution in [2.75, 3.05) is 6.54 Å². The van der Waals surface area contributed by atoms with Crippen LogP contribution in [-0.4, -0.2) is 16.7 Å². The molecule has 0 aliphatic rings. The fourth-order valence-corrected chi connectivity index (χ4v) is 3.55. The lowest BCUT2D eigenvalue weighted by Crippen LogP contribution is -2.17. The van der Waals surface area contributed by atoms with Crippen LogP contribution in [0.15, 0.2) is 27.4 Å². The van der Waals surface area contributed by atoms with Gasteiger partial charge in [0.05, 0.1) is 5.56 Å². The third kappa shape index (κ3) is 4.42. The van der Waals surface area contributed by atoms with Gasteiger partial charge in [0.15, 0.2) is 4.34 Å². The summed E-state index contributed by atoms with van der Waals surface area (Å²) in [6, 6.07) is 4.37. The highest BCUT2D eigenvalue weighted by Gasteiger charge is 2.33. The Morgan fingerprint density at radius 1 is 1.29 bits per heavy atom. The maximum absolute atomic E-state index is 13.1. The van der Waals surface area contributed by atoms with E-state index in [1.54, 1.807) is 6.07 Å². The van der Waals surface area contributed by atoms with Crippen LogP contribution in [0.2, 0.25) is 0 Å². The van der Waals surface area contributed by atoms with E-state index in [-0.39, 0.29) is 12.1 Å². The minimum Gasteiger partial charge on any atom is -0.313 e. The normalized spacial score (nSPS) is 11.9. The summed E-state index contributed by atoms with van der Waals surface area (Å²) in [5.74, 6) is 0. The second kappa shape index (κ2) is 6.76. The molecule has 0 amide bonds. The molecule has 1 aromatic carbocycles. The Labute approximate surface area is 129 Å². The second-order valence-electron chi connectivity index (χ2n) is 4.29. The lowest BCUT2D eigenvalue weighted by atomic mass is 10.1. The first-order valence-corrected chi connectivity index (χ1v) is 7.92. The molecule has 0 bridgehead atoms. The Morgan fingerprint density at radius 3 is 2.62 bits per heavy atom. The molecule has 1 heterocycles. The molecule has 21 heavy (non-hydrogen) atoms. The van der Waals surface area contributed by atoms with E-state index in [2.05, 4.69) is 15.5 Å². The van der Waals surface area contributed by atoms with Crippen molar-refractivity contribution in [3.05, 3.63) is 34.3 Å². The van der Waals surface area contributed by atoms with Crippen molar-refractivity contribution in [1.29, 1.82) is 0 Å². The van der Waals surface area contributed by atoms with Gasteiger partial charge in [-0.2, -0.15) is 13.2 Å². The van der Waals surface area contributed by atoms with Gasteiger partial charge in [0, 0.05) is 11.4 Å². The van der Waals surface area contributed by atoms with Crippen LogP contribution in [0.25, 0.3) is 0 Å². The van der Waals surface area contributed by atoms with E-state index in [4.69, 9.17) is 0 Å². The Kier molecular flexibility index (Phi) is 5.23. The summed E-state index contributed by atoms with van der Waals surface area (Å²) in [5, 5.41) is 11.5. The maximum Gasteiger partial charge on any atom is 0.416 e. The minimum atomic E-state index is -4.36. The number of nitrogens with one attached hydrogen (secondary N) is 1. The fraction of sp³-hybridized carbons (Fsp3) is 0.385. The second-order valence-corrected chi connectivity index (χ2v) is 6.79. The minimum absolute atomic E-state index is 0.203. The molecule has 0 atom stereocenters. The predicted octanol–water partition coefficient (Wildman–Crippen LogP) is 4.13. The Hall–Kier alpha value is -1.12. The van der Waals surface area contributed by atoms with Gasteiger partial charge in [0.2, 0.25) is 0 Å². The molecule has 114 valence electrons. The molecule has 0 aliphatic carbocycles. The van der Waals surface area contributed by atoms with Crippen LogP contribution in [0, 0.1) is 6.92 Å². The van der Waals surface area contributed by atoms with E-state index in [1.165, 1.54) is 35.2 Å². The summed E-state index contributed by atoms with van der Waals surface area (Å²) in [6.07, 6.45) is -4.36. The van der Waals surface area contributed by atoms with E-state index in [0.717, 1.165) is 5.01 Å². The van der Waals surface area contributed by atoms with Crippen molar-refractivity contribution in [1.82, 2.24) is 15.5 Å². The summed E-state index contributed by atoms with van der Waals surface area (Å²) in [6.45, 7) is 4.49. The van der Waals surface area contributed by atoms with Gasteiger partial charge in [-0.25, -0.2) is 0 Å². The van der Waals surface area contributed by atoms with Crippen molar-refractivity contribution in [3.63, 3.8) is 0 Å². The van der Waals surface area contributed by atoms with Crippen LogP contribution in [0.4, 0.5) is 13.2 Å². The zero-order valence-electron chi connectivity index (χ0n) is 11.5. The van der Waals surface area contributed by atoms with E-state index in [1.807, 2.05) is 13.8 Å². The van der Waals surface area contributed by atoms with Crippen LogP contribution in [0.5, 0.6) is 0 Å². The summed E-state index contributed by atoms with van der Waals surface area (Å²) >= 11 is 2.56. The van der Waals surface area contributed by atoms with Gasteiger partial charge in [0.1, 0.15) is 5.01 Å². The van der Waals surface area contributed by atoms with Crippen molar-refractivity contribution < 1.29 is 13.2 Å². The average Bonchev–Trinajstić information content (AvgIpc) is 2.81. The van der Waals surface area contributed by atoms with Crippen LogP contribution >= 0.6 is 23.1 Å². The average molecular weight is 333 g/mol. The highest BCUT2D eigenvalue weighted by molar-refractivity contribution is 8.01. The molecule has 3 nitrogen and oxygen atoms in total. The van der Waals surface area contributed by atoms with Crippen molar-refractivity contribution in [2.24, 2.45) is 0 Å². The zero-order chi connectivity index (χ0) is 15.5. The lowest BCUT2D eigenvalue weighted by Gasteiger charge is -2.14. The summed E-state index contributed by atoms with van der Waals surface area (Å²) < 4.78 is 40.0. The predicted molar refractivity (Wildman–Crippen MR) is 77.6 cm³/mol. The van der Waals surface area contributed by atoms with Gasteiger partial charge >= 0.3 is 6.18 Å². The molecule has 0 radical (unpaired) electrons. The lowest BCUT2D eigenvalue weighted by molar-refractivity contribution is -0.138. The molecule has 2 aromatic rings. The van der Waals surface area contributed by atoms with Gasteiger partial charge in [0.25, 0.3) is 0 Å². The Balaban J connectivity index is 2.28. The third-order valence-corrected chi connectivity index (χ3v) is 4.54. The first kappa shape index (κ1) is 16.3. The molecule has 1 N–H and O–H groups in total. The van der Waals surface area contributed by atoms with Gasteiger partial charge < -0.3 is 5.32 Å². The van der Waals surface area contributed by atoms with Crippen molar-refractivity contribution in [2.45, 2.75) is 35.8 Å². The highest BCUT2D eigenvalue weighted by Crippen LogP contribution is 2.37. The number of rotatable bonds is 5. The SMILES string of the molecule is CCNCc1ccc(Sc2nnc(C)s2)cc1C(F)(F)F. The van der Waals surface area contributed by atoms with E-state index in [0.29, 0.717) is 15.8 Å². The van der Waals surface area contributed by atoms with E-state index in [9.17, 15) is 13.2 Å². The smallest absolute Gasteiger partial charge is 0.313 e. The van der Waals surface area contributed by atoms with E-state index < -0.39 is 11.7 Å². The van der Waals surface area contributed by atoms with Gasteiger partial charge in [-0.15, -0.1) is 10.2 Å². The van der Waals surface area contributed by atoms with E-state index >= 15 is 0 Å². The van der Waals surface area contributed by atoms with Crippen LogP contribution in [0.3, 0.4) is 0 Å². The molecule has 0 spiro atoms. The van der Waals surface area contributed by atoms with Crippen LogP contribution < -0.4 is 5.32 Å². The monoisotopic (exact) mass is 333 g/mol. The highest BCUT2D eigenvalue weighted by atomic mass is 32.2. The molecule has 0 aliphatic heterocycles. The molecule has 1 aromatic heterocycles. The molecular weight excluding hydrogens is 319 g/mol. The summed E-state index contributed by atoms with van der Waals surface area (Å²) in [4.78, 5) is 0.513. The van der Waals surface area contributed by atoms with Gasteiger partial charge in [-0.1, -0.05) is 36.1 Å².